The van der Waals surface area contributed by atoms with Gasteiger partial charge in [-0.25, -0.2) is 0 Å². The van der Waals surface area contributed by atoms with Gasteiger partial charge in [-0.15, -0.1) is 11.3 Å². The van der Waals surface area contributed by atoms with Crippen molar-refractivity contribution in [1.29, 1.82) is 0 Å². The molecule has 2 heterocycles. The van der Waals surface area contributed by atoms with Gasteiger partial charge in [0.25, 0.3) is 0 Å². The molecule has 1 aromatic carbocycles. The number of para-hydroxylation sites is 1. The summed E-state index contributed by atoms with van der Waals surface area (Å²) < 4.78 is 6.77. The Hall–Kier alpha value is -0.840. The number of hydrogen-bond acceptors (Lipinski definition) is 3. The molecule has 1 atom stereocenters. The van der Waals surface area contributed by atoms with Crippen molar-refractivity contribution in [3.05, 3.63) is 50.1 Å². The topological polar surface area (TPSA) is 29.5 Å². The molecule has 1 unspecified atom stereocenters. The Morgan fingerprint density at radius 1 is 1.39 bits per heavy atom. The zero-order chi connectivity index (χ0) is 12.5. The third-order valence-electron chi connectivity index (χ3n) is 3.16. The third kappa shape index (κ3) is 2.20. The van der Waals surface area contributed by atoms with E-state index in [4.69, 9.17) is 4.74 Å². The number of halogens is 1. The molecule has 3 rings (SSSR count). The predicted molar refractivity (Wildman–Crippen MR) is 76.3 cm³/mol. The lowest BCUT2D eigenvalue weighted by Gasteiger charge is -2.22. The predicted octanol–water partition coefficient (Wildman–Crippen LogP) is 3.92. The van der Waals surface area contributed by atoms with E-state index < -0.39 is 6.10 Å². The van der Waals surface area contributed by atoms with E-state index in [1.54, 1.807) is 11.3 Å². The monoisotopic (exact) mass is 324 g/mol. The molecule has 0 saturated heterocycles. The molecule has 2 aromatic rings. The first kappa shape index (κ1) is 12.2. The Labute approximate surface area is 118 Å². The van der Waals surface area contributed by atoms with Gasteiger partial charge in [-0.1, -0.05) is 18.2 Å². The van der Waals surface area contributed by atoms with Gasteiger partial charge in [0, 0.05) is 5.56 Å². The van der Waals surface area contributed by atoms with Crippen LogP contribution in [0.25, 0.3) is 0 Å². The van der Waals surface area contributed by atoms with E-state index >= 15 is 0 Å². The van der Waals surface area contributed by atoms with E-state index in [1.165, 1.54) is 5.56 Å². The number of aryl methyl sites for hydroxylation is 1. The summed E-state index contributed by atoms with van der Waals surface area (Å²) in [6, 6.07) is 7.97. The molecular formula is C14H13BrO2S. The molecule has 0 aliphatic carbocycles. The van der Waals surface area contributed by atoms with E-state index in [0.29, 0.717) is 0 Å². The molecule has 2 nitrogen and oxygen atoms in total. The number of ether oxygens (including phenoxy) is 1. The van der Waals surface area contributed by atoms with Crippen LogP contribution in [0.1, 0.15) is 29.2 Å². The summed E-state index contributed by atoms with van der Waals surface area (Å²) in [5.41, 5.74) is 2.99. The lowest BCUT2D eigenvalue weighted by Crippen LogP contribution is -2.12. The molecule has 1 N–H and O–H groups in total. The lowest BCUT2D eigenvalue weighted by molar-refractivity contribution is 0.207. The normalized spacial score (nSPS) is 15.9. The van der Waals surface area contributed by atoms with Crippen molar-refractivity contribution in [2.45, 2.75) is 18.9 Å². The van der Waals surface area contributed by atoms with Crippen LogP contribution < -0.4 is 4.74 Å². The highest BCUT2D eigenvalue weighted by Crippen LogP contribution is 2.37. The number of aliphatic hydroxyl groups excluding tert-OH is 1. The van der Waals surface area contributed by atoms with E-state index in [0.717, 1.165) is 40.1 Å². The zero-order valence-electron chi connectivity index (χ0n) is 9.73. The van der Waals surface area contributed by atoms with E-state index in [9.17, 15) is 5.11 Å². The highest BCUT2D eigenvalue weighted by Gasteiger charge is 2.21. The Morgan fingerprint density at radius 2 is 2.28 bits per heavy atom. The number of rotatable bonds is 2. The largest absolute Gasteiger partial charge is 0.493 e. The van der Waals surface area contributed by atoms with Gasteiger partial charge in [-0.2, -0.15) is 0 Å². The van der Waals surface area contributed by atoms with Crippen molar-refractivity contribution in [3.63, 3.8) is 0 Å². The molecule has 0 amide bonds. The third-order valence-corrected chi connectivity index (χ3v) is 4.68. The molecule has 1 aromatic heterocycles. The van der Waals surface area contributed by atoms with Gasteiger partial charge in [0.1, 0.15) is 11.9 Å². The van der Waals surface area contributed by atoms with Gasteiger partial charge in [0.2, 0.25) is 0 Å². The second-order valence-electron chi connectivity index (χ2n) is 4.37. The second-order valence-corrected chi connectivity index (χ2v) is 6.66. The highest BCUT2D eigenvalue weighted by molar-refractivity contribution is 9.11. The van der Waals surface area contributed by atoms with Crippen LogP contribution in [-0.4, -0.2) is 11.7 Å². The van der Waals surface area contributed by atoms with Crippen molar-refractivity contribution in [3.8, 4) is 5.75 Å². The molecule has 0 bridgehead atoms. The fourth-order valence-corrected chi connectivity index (χ4v) is 3.47. The Morgan fingerprint density at radius 3 is 3.06 bits per heavy atom. The minimum atomic E-state index is -0.611. The minimum Gasteiger partial charge on any atom is -0.493 e. The molecule has 1 aliphatic heterocycles. The van der Waals surface area contributed by atoms with Gasteiger partial charge >= 0.3 is 0 Å². The summed E-state index contributed by atoms with van der Waals surface area (Å²) in [7, 11) is 0. The van der Waals surface area contributed by atoms with Crippen molar-refractivity contribution >= 4 is 27.3 Å². The first-order valence-electron chi connectivity index (χ1n) is 5.92. The Balaban J connectivity index is 2.01. The molecule has 0 saturated carbocycles. The molecule has 4 heteroatoms. The van der Waals surface area contributed by atoms with Gasteiger partial charge in [0.05, 0.1) is 10.4 Å². The summed E-state index contributed by atoms with van der Waals surface area (Å²) in [6.07, 6.45) is 1.47. The number of aliphatic hydroxyl groups is 1. The van der Waals surface area contributed by atoms with E-state index in [2.05, 4.69) is 22.0 Å². The highest BCUT2D eigenvalue weighted by atomic mass is 79.9. The fourth-order valence-electron chi connectivity index (χ4n) is 2.28. The van der Waals surface area contributed by atoms with Gasteiger partial charge in [-0.3, -0.25) is 0 Å². The van der Waals surface area contributed by atoms with Crippen LogP contribution in [0.15, 0.2) is 33.4 Å². The summed E-state index contributed by atoms with van der Waals surface area (Å²) in [5.74, 6) is 0.874. The van der Waals surface area contributed by atoms with Crippen molar-refractivity contribution in [2.24, 2.45) is 0 Å². The molecule has 0 fully saturated rings. The summed E-state index contributed by atoms with van der Waals surface area (Å²) >= 11 is 5.00. The number of hydrogen-bond donors (Lipinski definition) is 1. The quantitative estimate of drug-likeness (QED) is 0.907. The summed E-state index contributed by atoms with van der Waals surface area (Å²) in [5, 5.41) is 12.4. The van der Waals surface area contributed by atoms with Crippen LogP contribution in [0.4, 0.5) is 0 Å². The maximum atomic E-state index is 10.5. The SMILES string of the molecule is OC(c1csc(Br)c1)c1cccc2c1OCCC2. The van der Waals surface area contributed by atoms with Crippen LogP contribution in [0.5, 0.6) is 5.75 Å². The first-order valence-corrected chi connectivity index (χ1v) is 7.59. The molecular weight excluding hydrogens is 312 g/mol. The van der Waals surface area contributed by atoms with Crippen LogP contribution in [0.3, 0.4) is 0 Å². The van der Waals surface area contributed by atoms with Crippen LogP contribution in [0, 0.1) is 0 Å². The van der Waals surface area contributed by atoms with E-state index in [1.807, 2.05) is 23.6 Å². The first-order chi connectivity index (χ1) is 8.75. The summed E-state index contributed by atoms with van der Waals surface area (Å²) in [6.45, 7) is 0.740. The number of benzene rings is 1. The van der Waals surface area contributed by atoms with Crippen molar-refractivity contribution < 1.29 is 9.84 Å². The average molecular weight is 325 g/mol. The van der Waals surface area contributed by atoms with Crippen LogP contribution in [0.2, 0.25) is 0 Å². The van der Waals surface area contributed by atoms with Gasteiger partial charge in [-0.05, 0) is 51.3 Å². The molecule has 94 valence electrons. The standard InChI is InChI=1S/C14H13BrO2S/c15-12-7-10(8-18-12)13(16)11-5-1-3-9-4-2-6-17-14(9)11/h1,3,5,7-8,13,16H,2,4,6H2. The number of fused-ring (bicyclic) bond motifs is 1. The van der Waals surface area contributed by atoms with Crippen LogP contribution in [-0.2, 0) is 6.42 Å². The van der Waals surface area contributed by atoms with Crippen molar-refractivity contribution in [2.75, 3.05) is 6.61 Å². The number of thiophene rings is 1. The summed E-state index contributed by atoms with van der Waals surface area (Å²) in [4.78, 5) is 0. The van der Waals surface area contributed by atoms with Crippen LogP contribution >= 0.6 is 27.3 Å². The fraction of sp³-hybridized carbons (Fsp3) is 0.286. The second kappa shape index (κ2) is 5.03. The van der Waals surface area contributed by atoms with Gasteiger partial charge in [0.15, 0.2) is 0 Å². The average Bonchev–Trinajstić information content (AvgIpc) is 2.84. The molecule has 0 spiro atoms. The Kier molecular flexibility index (Phi) is 3.41. The zero-order valence-corrected chi connectivity index (χ0v) is 12.1. The molecule has 18 heavy (non-hydrogen) atoms. The molecule has 1 aliphatic rings. The van der Waals surface area contributed by atoms with Crippen molar-refractivity contribution in [1.82, 2.24) is 0 Å². The Bertz CT molecular complexity index is 565. The van der Waals surface area contributed by atoms with Gasteiger partial charge < -0.3 is 9.84 Å². The van der Waals surface area contributed by atoms with E-state index in [-0.39, 0.29) is 0 Å². The maximum absolute atomic E-state index is 10.5. The molecule has 0 radical (unpaired) electrons. The smallest absolute Gasteiger partial charge is 0.128 e. The lowest BCUT2D eigenvalue weighted by atomic mass is 9.97. The minimum absolute atomic E-state index is 0.611. The maximum Gasteiger partial charge on any atom is 0.128 e.